The zero-order valence-corrected chi connectivity index (χ0v) is 10.2. The van der Waals surface area contributed by atoms with Crippen molar-refractivity contribution in [1.29, 1.82) is 0 Å². The van der Waals surface area contributed by atoms with E-state index in [1.807, 2.05) is 0 Å². The standard InChI is InChI=1S/C13H16F2N2O/c1-17(10-2-3-11(14)12(15)7-10)13(18)6-9-4-5-16-8-9/h2-3,7,9,16H,4-6,8H2,1H3. The maximum absolute atomic E-state index is 13.1. The third-order valence-corrected chi connectivity index (χ3v) is 3.29. The Morgan fingerprint density at radius 2 is 2.22 bits per heavy atom. The van der Waals surface area contributed by atoms with Crippen LogP contribution in [0, 0.1) is 17.6 Å². The first-order chi connectivity index (χ1) is 8.58. The zero-order chi connectivity index (χ0) is 13.1. The summed E-state index contributed by atoms with van der Waals surface area (Å²) in [6.07, 6.45) is 1.42. The van der Waals surface area contributed by atoms with E-state index in [0.29, 0.717) is 18.0 Å². The van der Waals surface area contributed by atoms with Crippen molar-refractivity contribution in [3.05, 3.63) is 29.8 Å². The molecule has 18 heavy (non-hydrogen) atoms. The van der Waals surface area contributed by atoms with Crippen molar-refractivity contribution < 1.29 is 13.6 Å². The molecule has 1 heterocycles. The van der Waals surface area contributed by atoms with Gasteiger partial charge in [-0.05, 0) is 37.6 Å². The van der Waals surface area contributed by atoms with Crippen LogP contribution in [-0.2, 0) is 4.79 Å². The summed E-state index contributed by atoms with van der Waals surface area (Å²) in [6.45, 7) is 1.78. The molecule has 1 fully saturated rings. The lowest BCUT2D eigenvalue weighted by atomic mass is 10.0. The molecule has 1 aromatic carbocycles. The second-order valence-corrected chi connectivity index (χ2v) is 4.61. The van der Waals surface area contributed by atoms with Crippen LogP contribution in [-0.4, -0.2) is 26.0 Å². The first kappa shape index (κ1) is 13.0. The number of nitrogens with one attached hydrogen (secondary N) is 1. The molecule has 1 unspecified atom stereocenters. The van der Waals surface area contributed by atoms with Crippen LogP contribution in [0.5, 0.6) is 0 Å². The molecule has 1 aliphatic rings. The highest BCUT2D eigenvalue weighted by atomic mass is 19.2. The number of rotatable bonds is 3. The van der Waals surface area contributed by atoms with Crippen LogP contribution in [0.1, 0.15) is 12.8 Å². The summed E-state index contributed by atoms with van der Waals surface area (Å²) < 4.78 is 25.9. The highest BCUT2D eigenvalue weighted by molar-refractivity contribution is 5.92. The fraction of sp³-hybridized carbons (Fsp3) is 0.462. The minimum absolute atomic E-state index is 0.0743. The van der Waals surface area contributed by atoms with Crippen molar-refractivity contribution in [2.45, 2.75) is 12.8 Å². The third kappa shape index (κ3) is 2.85. The van der Waals surface area contributed by atoms with E-state index in [1.54, 1.807) is 7.05 Å². The number of halogens is 2. The van der Waals surface area contributed by atoms with Crippen molar-refractivity contribution in [3.63, 3.8) is 0 Å². The van der Waals surface area contributed by atoms with E-state index in [9.17, 15) is 13.6 Å². The van der Waals surface area contributed by atoms with Crippen molar-refractivity contribution in [1.82, 2.24) is 5.32 Å². The van der Waals surface area contributed by atoms with Crippen LogP contribution >= 0.6 is 0 Å². The number of hydrogen-bond donors (Lipinski definition) is 1. The largest absolute Gasteiger partial charge is 0.316 e. The van der Waals surface area contributed by atoms with Crippen LogP contribution in [0.15, 0.2) is 18.2 Å². The van der Waals surface area contributed by atoms with Gasteiger partial charge in [-0.25, -0.2) is 8.78 Å². The Kier molecular flexibility index (Phi) is 3.91. The number of nitrogens with zero attached hydrogens (tertiary/aromatic N) is 1. The van der Waals surface area contributed by atoms with E-state index < -0.39 is 11.6 Å². The van der Waals surface area contributed by atoms with E-state index in [2.05, 4.69) is 5.32 Å². The van der Waals surface area contributed by atoms with Gasteiger partial charge in [-0.15, -0.1) is 0 Å². The molecular weight excluding hydrogens is 238 g/mol. The van der Waals surface area contributed by atoms with E-state index in [0.717, 1.165) is 31.6 Å². The summed E-state index contributed by atoms with van der Waals surface area (Å²) in [5.41, 5.74) is 0.379. The Morgan fingerprint density at radius 3 is 2.83 bits per heavy atom. The van der Waals surface area contributed by atoms with Gasteiger partial charge in [-0.1, -0.05) is 0 Å². The minimum Gasteiger partial charge on any atom is -0.316 e. The predicted molar refractivity (Wildman–Crippen MR) is 65.4 cm³/mol. The van der Waals surface area contributed by atoms with E-state index >= 15 is 0 Å². The van der Waals surface area contributed by atoms with Gasteiger partial charge >= 0.3 is 0 Å². The first-order valence-corrected chi connectivity index (χ1v) is 6.00. The summed E-state index contributed by atoms with van der Waals surface area (Å²) in [5.74, 6) is -1.57. The van der Waals surface area contributed by atoms with Gasteiger partial charge in [0.25, 0.3) is 0 Å². The molecule has 1 atom stereocenters. The van der Waals surface area contributed by atoms with Crippen LogP contribution in [0.3, 0.4) is 0 Å². The highest BCUT2D eigenvalue weighted by Gasteiger charge is 2.21. The second kappa shape index (κ2) is 5.44. The van der Waals surface area contributed by atoms with Gasteiger partial charge in [0.1, 0.15) is 0 Å². The van der Waals surface area contributed by atoms with Crippen molar-refractivity contribution in [2.75, 3.05) is 25.0 Å². The molecule has 0 bridgehead atoms. The predicted octanol–water partition coefficient (Wildman–Crippen LogP) is 1.93. The quantitative estimate of drug-likeness (QED) is 0.894. The van der Waals surface area contributed by atoms with Gasteiger partial charge < -0.3 is 10.2 Å². The molecule has 3 nitrogen and oxygen atoms in total. The second-order valence-electron chi connectivity index (χ2n) is 4.61. The maximum atomic E-state index is 13.1. The minimum atomic E-state index is -0.935. The molecule has 1 aliphatic heterocycles. The Hall–Kier alpha value is -1.49. The number of amides is 1. The Morgan fingerprint density at radius 1 is 1.44 bits per heavy atom. The summed E-state index contributed by atoms with van der Waals surface area (Å²) in [5, 5.41) is 3.19. The average Bonchev–Trinajstić information content (AvgIpc) is 2.84. The molecule has 0 spiro atoms. The molecular formula is C13H16F2N2O. The SMILES string of the molecule is CN(C(=O)CC1CCNC1)c1ccc(F)c(F)c1. The lowest BCUT2D eigenvalue weighted by molar-refractivity contribution is -0.119. The van der Waals surface area contributed by atoms with Crippen molar-refractivity contribution in [2.24, 2.45) is 5.92 Å². The molecule has 0 aliphatic carbocycles. The molecule has 0 radical (unpaired) electrons. The van der Waals surface area contributed by atoms with Crippen LogP contribution in [0.25, 0.3) is 0 Å². The molecule has 5 heteroatoms. The lowest BCUT2D eigenvalue weighted by Gasteiger charge is -2.19. The maximum Gasteiger partial charge on any atom is 0.227 e. The molecule has 0 saturated carbocycles. The Labute approximate surface area is 105 Å². The topological polar surface area (TPSA) is 32.3 Å². The van der Waals surface area contributed by atoms with E-state index in [4.69, 9.17) is 0 Å². The fourth-order valence-corrected chi connectivity index (χ4v) is 2.11. The Balaban J connectivity index is 2.02. The zero-order valence-electron chi connectivity index (χ0n) is 10.2. The van der Waals surface area contributed by atoms with Gasteiger partial charge in [0.05, 0.1) is 0 Å². The fourth-order valence-electron chi connectivity index (χ4n) is 2.11. The summed E-state index contributed by atoms with van der Waals surface area (Å²) >= 11 is 0. The summed E-state index contributed by atoms with van der Waals surface area (Å²) in [6, 6.07) is 3.48. The number of benzene rings is 1. The van der Waals surface area contributed by atoms with Crippen molar-refractivity contribution >= 4 is 11.6 Å². The summed E-state index contributed by atoms with van der Waals surface area (Å²) in [4.78, 5) is 13.4. The molecule has 1 aromatic rings. The van der Waals surface area contributed by atoms with Crippen molar-refractivity contribution in [3.8, 4) is 0 Å². The van der Waals surface area contributed by atoms with Gasteiger partial charge in [-0.3, -0.25) is 4.79 Å². The van der Waals surface area contributed by atoms with Gasteiger partial charge in [0.15, 0.2) is 11.6 Å². The van der Waals surface area contributed by atoms with E-state index in [-0.39, 0.29) is 5.91 Å². The average molecular weight is 254 g/mol. The normalized spacial score (nSPS) is 18.9. The number of carbonyl (C=O) groups excluding carboxylic acids is 1. The number of anilines is 1. The molecule has 1 amide bonds. The monoisotopic (exact) mass is 254 g/mol. The molecule has 2 rings (SSSR count). The number of carbonyl (C=O) groups is 1. The first-order valence-electron chi connectivity index (χ1n) is 6.00. The molecule has 1 N–H and O–H groups in total. The van der Waals surface area contributed by atoms with E-state index in [1.165, 1.54) is 11.0 Å². The third-order valence-electron chi connectivity index (χ3n) is 3.29. The van der Waals surface area contributed by atoms with Gasteiger partial charge in [0, 0.05) is 25.2 Å². The number of hydrogen-bond acceptors (Lipinski definition) is 2. The van der Waals surface area contributed by atoms with Gasteiger partial charge in [0.2, 0.25) is 5.91 Å². The molecule has 0 aromatic heterocycles. The van der Waals surface area contributed by atoms with Crippen LogP contribution in [0.2, 0.25) is 0 Å². The van der Waals surface area contributed by atoms with Gasteiger partial charge in [-0.2, -0.15) is 0 Å². The van der Waals surface area contributed by atoms with Crippen LogP contribution in [0.4, 0.5) is 14.5 Å². The highest BCUT2D eigenvalue weighted by Crippen LogP contribution is 2.20. The smallest absolute Gasteiger partial charge is 0.227 e. The Bertz CT molecular complexity index is 445. The molecule has 98 valence electrons. The lowest BCUT2D eigenvalue weighted by Crippen LogP contribution is -2.28. The summed E-state index contributed by atoms with van der Waals surface area (Å²) in [7, 11) is 1.58. The van der Waals surface area contributed by atoms with Crippen LogP contribution < -0.4 is 10.2 Å². The molecule has 1 saturated heterocycles.